The number of benzene rings is 1. The van der Waals surface area contributed by atoms with Gasteiger partial charge in [0.05, 0.1) is 17.7 Å². The summed E-state index contributed by atoms with van der Waals surface area (Å²) in [4.78, 5) is 25.2. The number of aromatic carboxylic acids is 1. The number of carbonyl (C=O) groups is 2. The van der Waals surface area contributed by atoms with E-state index in [1.807, 2.05) is 17.9 Å². The molecule has 24 heavy (non-hydrogen) atoms. The van der Waals surface area contributed by atoms with Crippen LogP contribution in [0.5, 0.6) is 0 Å². The molecule has 0 unspecified atom stereocenters. The zero-order chi connectivity index (χ0) is 17.1. The first-order valence-corrected chi connectivity index (χ1v) is 8.03. The largest absolute Gasteiger partial charge is 0.478 e. The van der Waals surface area contributed by atoms with E-state index in [1.54, 1.807) is 24.3 Å². The first-order chi connectivity index (χ1) is 11.5. The van der Waals surface area contributed by atoms with E-state index < -0.39 is 5.97 Å². The highest BCUT2D eigenvalue weighted by atomic mass is 16.5. The van der Waals surface area contributed by atoms with Gasteiger partial charge in [0, 0.05) is 19.2 Å². The van der Waals surface area contributed by atoms with Gasteiger partial charge in [0.1, 0.15) is 5.76 Å². The third kappa shape index (κ3) is 3.82. The second-order valence-corrected chi connectivity index (χ2v) is 6.32. The minimum absolute atomic E-state index is 0.0490. The standard InChI is InChI=1S/C18H20N2O4/c1-12-7-16(24-19-12)10-17(21)20-6-5-14(11-20)8-13-3-2-4-15(9-13)18(22)23/h2-4,7,9,14H,5-6,8,10-11H2,1H3,(H,22,23)/t14-/m1/s1. The molecule has 0 saturated carbocycles. The van der Waals surface area contributed by atoms with Crippen molar-refractivity contribution in [2.45, 2.75) is 26.2 Å². The Morgan fingerprint density at radius 3 is 2.92 bits per heavy atom. The average molecular weight is 328 g/mol. The van der Waals surface area contributed by atoms with Gasteiger partial charge in [-0.2, -0.15) is 0 Å². The smallest absolute Gasteiger partial charge is 0.335 e. The summed E-state index contributed by atoms with van der Waals surface area (Å²) in [5.41, 5.74) is 2.08. The minimum atomic E-state index is -0.914. The number of carbonyl (C=O) groups excluding carboxylic acids is 1. The molecule has 6 nitrogen and oxygen atoms in total. The summed E-state index contributed by atoms with van der Waals surface area (Å²) in [6.07, 6.45) is 1.95. The van der Waals surface area contributed by atoms with Crippen molar-refractivity contribution in [3.05, 3.63) is 52.9 Å². The van der Waals surface area contributed by atoms with Crippen LogP contribution in [0, 0.1) is 12.8 Å². The lowest BCUT2D eigenvalue weighted by atomic mass is 9.97. The molecule has 1 saturated heterocycles. The zero-order valence-corrected chi connectivity index (χ0v) is 13.6. The summed E-state index contributed by atoms with van der Waals surface area (Å²) in [7, 11) is 0. The van der Waals surface area contributed by atoms with Crippen LogP contribution in [0.1, 0.15) is 33.8 Å². The zero-order valence-electron chi connectivity index (χ0n) is 13.6. The molecule has 1 atom stereocenters. The predicted molar refractivity (Wildman–Crippen MR) is 86.7 cm³/mol. The number of aromatic nitrogens is 1. The lowest BCUT2D eigenvalue weighted by Gasteiger charge is -2.16. The van der Waals surface area contributed by atoms with Gasteiger partial charge in [-0.1, -0.05) is 17.3 Å². The summed E-state index contributed by atoms with van der Waals surface area (Å²) in [5, 5.41) is 12.9. The van der Waals surface area contributed by atoms with Gasteiger partial charge in [-0.25, -0.2) is 4.79 Å². The molecule has 1 aliphatic heterocycles. The fourth-order valence-corrected chi connectivity index (χ4v) is 3.15. The van der Waals surface area contributed by atoms with Crippen LogP contribution in [-0.4, -0.2) is 40.1 Å². The second kappa shape index (κ2) is 6.86. The van der Waals surface area contributed by atoms with Crippen LogP contribution >= 0.6 is 0 Å². The molecule has 0 radical (unpaired) electrons. The van der Waals surface area contributed by atoms with Crippen LogP contribution in [-0.2, 0) is 17.6 Å². The third-order valence-corrected chi connectivity index (χ3v) is 4.34. The molecular weight excluding hydrogens is 308 g/mol. The maximum atomic E-state index is 12.3. The van der Waals surface area contributed by atoms with Gasteiger partial charge in [-0.05, 0) is 43.4 Å². The highest BCUT2D eigenvalue weighted by molar-refractivity contribution is 5.87. The van der Waals surface area contributed by atoms with E-state index in [4.69, 9.17) is 9.63 Å². The van der Waals surface area contributed by atoms with Crippen molar-refractivity contribution in [1.82, 2.24) is 10.1 Å². The van der Waals surface area contributed by atoms with Gasteiger partial charge in [-0.15, -0.1) is 0 Å². The summed E-state index contributed by atoms with van der Waals surface area (Å²) in [6, 6.07) is 8.79. The molecule has 1 fully saturated rings. The maximum absolute atomic E-state index is 12.3. The Kier molecular flexibility index (Phi) is 4.64. The molecular formula is C18H20N2O4. The molecule has 2 aromatic rings. The molecule has 1 aliphatic rings. The number of hydrogen-bond acceptors (Lipinski definition) is 4. The van der Waals surface area contributed by atoms with Crippen LogP contribution in [0.2, 0.25) is 0 Å². The van der Waals surface area contributed by atoms with Gasteiger partial charge in [0.15, 0.2) is 0 Å². The summed E-state index contributed by atoms with van der Waals surface area (Å²) in [5.74, 6) is 0.0833. The highest BCUT2D eigenvalue weighted by Gasteiger charge is 2.27. The summed E-state index contributed by atoms with van der Waals surface area (Å²) >= 11 is 0. The summed E-state index contributed by atoms with van der Waals surface area (Å²) in [6.45, 7) is 3.26. The number of amides is 1. The molecule has 1 N–H and O–H groups in total. The number of nitrogens with zero attached hydrogens (tertiary/aromatic N) is 2. The van der Waals surface area contributed by atoms with Gasteiger partial charge in [0.25, 0.3) is 0 Å². The molecule has 1 aromatic carbocycles. The fourth-order valence-electron chi connectivity index (χ4n) is 3.15. The number of likely N-dealkylation sites (tertiary alicyclic amines) is 1. The molecule has 0 aliphatic carbocycles. The topological polar surface area (TPSA) is 83.6 Å². The van der Waals surface area contributed by atoms with Crippen molar-refractivity contribution in [3.8, 4) is 0 Å². The van der Waals surface area contributed by atoms with E-state index in [2.05, 4.69) is 5.16 Å². The second-order valence-electron chi connectivity index (χ2n) is 6.32. The Labute approximate surface area is 140 Å². The summed E-state index contributed by atoms with van der Waals surface area (Å²) < 4.78 is 5.10. The SMILES string of the molecule is Cc1cc(CC(=O)N2CC[C@H](Cc3cccc(C(=O)O)c3)C2)on1. The van der Waals surface area contributed by atoms with Crippen LogP contribution < -0.4 is 0 Å². The highest BCUT2D eigenvalue weighted by Crippen LogP contribution is 2.22. The number of hydrogen-bond donors (Lipinski definition) is 1. The van der Waals surface area contributed by atoms with Gasteiger partial charge >= 0.3 is 5.97 Å². The Morgan fingerprint density at radius 1 is 1.38 bits per heavy atom. The third-order valence-electron chi connectivity index (χ3n) is 4.34. The first kappa shape index (κ1) is 16.2. The van der Waals surface area contributed by atoms with E-state index >= 15 is 0 Å². The Hall–Kier alpha value is -2.63. The van der Waals surface area contributed by atoms with Crippen molar-refractivity contribution in [1.29, 1.82) is 0 Å². The van der Waals surface area contributed by atoms with Crippen molar-refractivity contribution in [2.24, 2.45) is 5.92 Å². The van der Waals surface area contributed by atoms with Crippen molar-refractivity contribution in [2.75, 3.05) is 13.1 Å². The van der Waals surface area contributed by atoms with E-state index in [1.165, 1.54) is 0 Å². The van der Waals surface area contributed by atoms with E-state index in [-0.39, 0.29) is 12.3 Å². The molecule has 0 bridgehead atoms. The van der Waals surface area contributed by atoms with Crippen molar-refractivity contribution < 1.29 is 19.2 Å². The van der Waals surface area contributed by atoms with Gasteiger partial charge in [0.2, 0.25) is 5.91 Å². The van der Waals surface area contributed by atoms with Crippen LogP contribution in [0.25, 0.3) is 0 Å². The molecule has 1 aromatic heterocycles. The molecule has 6 heteroatoms. The first-order valence-electron chi connectivity index (χ1n) is 8.03. The number of carboxylic acids is 1. The minimum Gasteiger partial charge on any atom is -0.478 e. The maximum Gasteiger partial charge on any atom is 0.335 e. The number of aryl methyl sites for hydroxylation is 1. The number of carboxylic acid groups (broad SMARTS) is 1. The van der Waals surface area contributed by atoms with E-state index in [0.29, 0.717) is 23.8 Å². The van der Waals surface area contributed by atoms with Gasteiger partial charge in [-0.3, -0.25) is 4.79 Å². The molecule has 0 spiro atoms. The van der Waals surface area contributed by atoms with Crippen LogP contribution in [0.4, 0.5) is 0 Å². The average Bonchev–Trinajstić information content (AvgIpc) is 3.17. The molecule has 1 amide bonds. The lowest BCUT2D eigenvalue weighted by Crippen LogP contribution is -2.30. The fraction of sp³-hybridized carbons (Fsp3) is 0.389. The number of rotatable bonds is 5. The molecule has 126 valence electrons. The van der Waals surface area contributed by atoms with Crippen LogP contribution in [0.3, 0.4) is 0 Å². The Balaban J connectivity index is 1.56. The van der Waals surface area contributed by atoms with Gasteiger partial charge < -0.3 is 14.5 Å². The van der Waals surface area contributed by atoms with E-state index in [9.17, 15) is 9.59 Å². The predicted octanol–water partition coefficient (Wildman–Crippen LogP) is 2.31. The monoisotopic (exact) mass is 328 g/mol. The van der Waals surface area contributed by atoms with E-state index in [0.717, 1.165) is 30.6 Å². The Bertz CT molecular complexity index is 753. The molecule has 2 heterocycles. The Morgan fingerprint density at radius 2 is 2.21 bits per heavy atom. The van der Waals surface area contributed by atoms with Crippen molar-refractivity contribution >= 4 is 11.9 Å². The molecule has 3 rings (SSSR count). The normalized spacial score (nSPS) is 17.2. The van der Waals surface area contributed by atoms with Crippen molar-refractivity contribution in [3.63, 3.8) is 0 Å². The van der Waals surface area contributed by atoms with Crippen LogP contribution in [0.15, 0.2) is 34.9 Å². The lowest BCUT2D eigenvalue weighted by molar-refractivity contribution is -0.129. The quantitative estimate of drug-likeness (QED) is 0.910.